The molecule has 1 aromatic rings. The third-order valence-corrected chi connectivity index (χ3v) is 3.24. The van der Waals surface area contributed by atoms with Gasteiger partial charge in [-0.1, -0.05) is 12.1 Å². The summed E-state index contributed by atoms with van der Waals surface area (Å²) in [5, 5.41) is 0. The quantitative estimate of drug-likeness (QED) is 0.792. The Morgan fingerprint density at radius 3 is 2.75 bits per heavy atom. The van der Waals surface area contributed by atoms with E-state index in [1.807, 2.05) is 12.1 Å². The van der Waals surface area contributed by atoms with E-state index in [1.165, 1.54) is 11.1 Å². The van der Waals surface area contributed by atoms with Crippen LogP contribution >= 0.6 is 0 Å². The van der Waals surface area contributed by atoms with Gasteiger partial charge in [0.05, 0.1) is 5.60 Å². The predicted octanol–water partition coefficient (Wildman–Crippen LogP) is 2.01. The van der Waals surface area contributed by atoms with Crippen molar-refractivity contribution in [2.24, 2.45) is 0 Å². The highest BCUT2D eigenvalue weighted by Gasteiger charge is 2.26. The normalized spacial score (nSPS) is 16.4. The van der Waals surface area contributed by atoms with Gasteiger partial charge < -0.3 is 10.5 Å². The summed E-state index contributed by atoms with van der Waals surface area (Å²) >= 11 is 0. The molecule has 0 aliphatic carbocycles. The van der Waals surface area contributed by atoms with E-state index in [0.29, 0.717) is 0 Å². The molecule has 16 heavy (non-hydrogen) atoms. The Kier molecular flexibility index (Phi) is 2.91. The van der Waals surface area contributed by atoms with Crippen molar-refractivity contribution in [3.63, 3.8) is 0 Å². The molecule has 0 amide bonds. The minimum Gasteiger partial charge on any atom is -0.398 e. The maximum Gasteiger partial charge on any atom is 0.0749 e. The number of hydrogen-bond donors (Lipinski definition) is 1. The number of nitrogen functional groups attached to an aromatic ring is 1. The Hall–Kier alpha value is -1.06. The summed E-state index contributed by atoms with van der Waals surface area (Å²) in [7, 11) is 1.76. The van der Waals surface area contributed by atoms with E-state index in [0.717, 1.165) is 25.3 Å². The molecule has 0 unspecified atom stereocenters. The van der Waals surface area contributed by atoms with E-state index in [1.54, 1.807) is 7.11 Å². The summed E-state index contributed by atoms with van der Waals surface area (Å²) in [6, 6.07) is 6.16. The number of benzene rings is 1. The van der Waals surface area contributed by atoms with Crippen molar-refractivity contribution in [2.45, 2.75) is 32.5 Å². The number of nitrogens with two attached hydrogens (primary N) is 1. The summed E-state index contributed by atoms with van der Waals surface area (Å²) in [6.45, 7) is 7.07. The highest BCUT2D eigenvalue weighted by molar-refractivity contribution is 5.52. The van der Waals surface area contributed by atoms with Crippen molar-refractivity contribution in [1.29, 1.82) is 0 Å². The molecule has 0 radical (unpaired) electrons. The number of rotatable bonds is 3. The van der Waals surface area contributed by atoms with Gasteiger partial charge in [0.15, 0.2) is 0 Å². The molecule has 1 aromatic carbocycles. The molecule has 1 aliphatic rings. The lowest BCUT2D eigenvalue weighted by atomic mass is 10.1. The molecule has 3 nitrogen and oxygen atoms in total. The van der Waals surface area contributed by atoms with Gasteiger partial charge in [-0.25, -0.2) is 0 Å². The van der Waals surface area contributed by atoms with E-state index in [4.69, 9.17) is 10.5 Å². The van der Waals surface area contributed by atoms with Crippen LogP contribution in [0.3, 0.4) is 0 Å². The molecule has 0 spiro atoms. The van der Waals surface area contributed by atoms with Crippen LogP contribution in [0, 0.1) is 0 Å². The lowest BCUT2D eigenvalue weighted by Crippen LogP contribution is -2.37. The van der Waals surface area contributed by atoms with Crippen LogP contribution in [0.2, 0.25) is 0 Å². The van der Waals surface area contributed by atoms with Crippen LogP contribution in [-0.2, 0) is 17.8 Å². The molecule has 1 heterocycles. The summed E-state index contributed by atoms with van der Waals surface area (Å²) < 4.78 is 5.46. The number of ether oxygens (including phenoxy) is 1. The molecule has 0 atom stereocenters. The fourth-order valence-corrected chi connectivity index (χ4v) is 2.23. The van der Waals surface area contributed by atoms with E-state index in [-0.39, 0.29) is 5.60 Å². The van der Waals surface area contributed by atoms with Gasteiger partial charge in [0.2, 0.25) is 0 Å². The molecule has 1 aliphatic heterocycles. The zero-order valence-electron chi connectivity index (χ0n) is 10.3. The Labute approximate surface area is 97.2 Å². The Bertz CT molecular complexity index is 388. The van der Waals surface area contributed by atoms with Crippen LogP contribution in [-0.4, -0.2) is 24.2 Å². The largest absolute Gasteiger partial charge is 0.398 e. The smallest absolute Gasteiger partial charge is 0.0749 e. The second-order valence-corrected chi connectivity index (χ2v) is 5.09. The van der Waals surface area contributed by atoms with E-state index >= 15 is 0 Å². The minimum atomic E-state index is -0.100. The zero-order valence-corrected chi connectivity index (χ0v) is 10.3. The van der Waals surface area contributed by atoms with Crippen LogP contribution in [0.5, 0.6) is 0 Å². The van der Waals surface area contributed by atoms with Crippen molar-refractivity contribution < 1.29 is 4.74 Å². The lowest BCUT2D eigenvalue weighted by Gasteiger charge is -2.28. The average Bonchev–Trinajstić information content (AvgIpc) is 2.61. The van der Waals surface area contributed by atoms with E-state index < -0.39 is 0 Å². The topological polar surface area (TPSA) is 38.5 Å². The van der Waals surface area contributed by atoms with Crippen molar-refractivity contribution >= 4 is 5.69 Å². The Balaban J connectivity index is 2.09. The van der Waals surface area contributed by atoms with E-state index in [2.05, 4.69) is 24.8 Å². The predicted molar refractivity (Wildman–Crippen MR) is 66.1 cm³/mol. The molecule has 3 heteroatoms. The molecule has 2 rings (SSSR count). The minimum absolute atomic E-state index is 0.100. The van der Waals surface area contributed by atoms with Gasteiger partial charge >= 0.3 is 0 Å². The lowest BCUT2D eigenvalue weighted by molar-refractivity contribution is -0.00857. The summed E-state index contributed by atoms with van der Waals surface area (Å²) in [4.78, 5) is 2.38. The molecule has 0 saturated heterocycles. The first-order valence-corrected chi connectivity index (χ1v) is 5.65. The highest BCUT2D eigenvalue weighted by Crippen LogP contribution is 2.28. The molecular formula is C13H20N2O. The fourth-order valence-electron chi connectivity index (χ4n) is 2.23. The van der Waals surface area contributed by atoms with Crippen molar-refractivity contribution in [3.05, 3.63) is 29.3 Å². The van der Waals surface area contributed by atoms with E-state index in [9.17, 15) is 0 Å². The van der Waals surface area contributed by atoms with Gasteiger partial charge in [-0.3, -0.25) is 4.90 Å². The van der Waals surface area contributed by atoms with Gasteiger partial charge in [-0.2, -0.15) is 0 Å². The summed E-state index contributed by atoms with van der Waals surface area (Å²) in [6.07, 6.45) is 0. The fraction of sp³-hybridized carbons (Fsp3) is 0.538. The van der Waals surface area contributed by atoms with Gasteiger partial charge in [-0.15, -0.1) is 0 Å². The number of hydrogen-bond acceptors (Lipinski definition) is 3. The number of fused-ring (bicyclic) bond motifs is 1. The first-order valence-electron chi connectivity index (χ1n) is 5.65. The van der Waals surface area contributed by atoms with Crippen molar-refractivity contribution in [1.82, 2.24) is 4.90 Å². The van der Waals surface area contributed by atoms with Crippen LogP contribution in [0.25, 0.3) is 0 Å². The van der Waals surface area contributed by atoms with Crippen molar-refractivity contribution in [3.8, 4) is 0 Å². The van der Waals surface area contributed by atoms with Crippen LogP contribution in [0.15, 0.2) is 18.2 Å². The number of methoxy groups -OCH3 is 1. The van der Waals surface area contributed by atoms with Gasteiger partial charge in [0.25, 0.3) is 0 Å². The van der Waals surface area contributed by atoms with Crippen LogP contribution in [0.4, 0.5) is 5.69 Å². The molecule has 0 bridgehead atoms. The SMILES string of the molecule is COC(C)(C)CN1Cc2cccc(N)c2C1. The van der Waals surface area contributed by atoms with Gasteiger partial charge in [0.1, 0.15) is 0 Å². The first-order chi connectivity index (χ1) is 7.52. The van der Waals surface area contributed by atoms with Crippen LogP contribution < -0.4 is 5.73 Å². The van der Waals surface area contributed by atoms with Crippen LogP contribution in [0.1, 0.15) is 25.0 Å². The maximum absolute atomic E-state index is 5.97. The van der Waals surface area contributed by atoms with Crippen molar-refractivity contribution in [2.75, 3.05) is 19.4 Å². The molecular weight excluding hydrogens is 200 g/mol. The summed E-state index contributed by atoms with van der Waals surface area (Å²) in [5.74, 6) is 0. The molecule has 0 aromatic heterocycles. The molecule has 0 saturated carbocycles. The monoisotopic (exact) mass is 220 g/mol. The highest BCUT2D eigenvalue weighted by atomic mass is 16.5. The standard InChI is InChI=1S/C13H20N2O/c1-13(2,16-3)9-15-7-10-5-4-6-12(14)11(10)8-15/h4-6H,7-9,14H2,1-3H3. The third-order valence-electron chi connectivity index (χ3n) is 3.24. The third kappa shape index (κ3) is 2.20. The van der Waals surface area contributed by atoms with Gasteiger partial charge in [0, 0.05) is 32.4 Å². The number of nitrogens with zero attached hydrogens (tertiary/aromatic N) is 1. The molecule has 2 N–H and O–H groups in total. The average molecular weight is 220 g/mol. The Morgan fingerprint density at radius 1 is 1.38 bits per heavy atom. The molecule has 0 fully saturated rings. The van der Waals surface area contributed by atoms with Gasteiger partial charge in [-0.05, 0) is 31.0 Å². The Morgan fingerprint density at radius 2 is 2.12 bits per heavy atom. The first kappa shape index (κ1) is 11.4. The second kappa shape index (κ2) is 4.07. The molecule has 88 valence electrons. The summed E-state index contributed by atoms with van der Waals surface area (Å²) in [5.41, 5.74) is 9.42. The maximum atomic E-state index is 5.97. The second-order valence-electron chi connectivity index (χ2n) is 5.09. The number of anilines is 1. The zero-order chi connectivity index (χ0) is 11.8.